The van der Waals surface area contributed by atoms with Crippen LogP contribution in [0.4, 0.5) is 30.8 Å². The SMILES string of the molecule is CN(c1c(F)cc(F)cc1F)c1n(C)c2cnc(NC3CCC(O)CC3)nc2[n+]1C1CCOC1. The fourth-order valence-electron chi connectivity index (χ4n) is 5.02. The van der Waals surface area contributed by atoms with E-state index in [9.17, 15) is 18.3 Å². The molecule has 182 valence electrons. The maximum Gasteiger partial charge on any atom is 0.324 e. The van der Waals surface area contributed by atoms with E-state index in [4.69, 9.17) is 9.72 Å². The summed E-state index contributed by atoms with van der Waals surface area (Å²) in [6, 6.07) is 1.41. The topological polar surface area (TPSA) is 79.3 Å². The fraction of sp³-hybridized carbons (Fsp3) is 0.522. The number of aliphatic hydroxyl groups excluding tert-OH is 1. The molecule has 2 aromatic heterocycles. The summed E-state index contributed by atoms with van der Waals surface area (Å²) in [5.41, 5.74) is 0.935. The zero-order valence-corrected chi connectivity index (χ0v) is 19.1. The molecule has 1 aromatic carbocycles. The number of imidazole rings is 1. The molecule has 0 amide bonds. The molecular formula is C23H28F3N6O2+. The Morgan fingerprint density at radius 2 is 1.85 bits per heavy atom. The number of halogens is 3. The van der Waals surface area contributed by atoms with Gasteiger partial charge in [0.05, 0.1) is 24.9 Å². The van der Waals surface area contributed by atoms with Crippen LogP contribution in [0.15, 0.2) is 18.3 Å². The number of rotatable bonds is 5. The first kappa shape index (κ1) is 22.9. The van der Waals surface area contributed by atoms with Gasteiger partial charge in [-0.1, -0.05) is 4.98 Å². The molecule has 0 spiro atoms. The van der Waals surface area contributed by atoms with E-state index >= 15 is 0 Å². The van der Waals surface area contributed by atoms with Crippen LogP contribution in [0.3, 0.4) is 0 Å². The molecule has 1 atom stereocenters. The van der Waals surface area contributed by atoms with Crippen LogP contribution in [0.25, 0.3) is 11.2 Å². The minimum absolute atomic E-state index is 0.0969. The summed E-state index contributed by atoms with van der Waals surface area (Å²) in [7, 11) is 3.32. The molecule has 0 bridgehead atoms. The maximum atomic E-state index is 14.7. The first-order valence-corrected chi connectivity index (χ1v) is 11.5. The van der Waals surface area contributed by atoms with Gasteiger partial charge in [0.15, 0.2) is 22.8 Å². The van der Waals surface area contributed by atoms with E-state index in [1.807, 2.05) is 4.57 Å². The van der Waals surface area contributed by atoms with Crippen LogP contribution in [-0.4, -0.2) is 52.0 Å². The predicted molar refractivity (Wildman–Crippen MR) is 119 cm³/mol. The first-order chi connectivity index (χ1) is 16.3. The van der Waals surface area contributed by atoms with Gasteiger partial charge in [0.25, 0.3) is 11.6 Å². The van der Waals surface area contributed by atoms with Crippen molar-refractivity contribution in [1.29, 1.82) is 0 Å². The van der Waals surface area contributed by atoms with Crippen LogP contribution < -0.4 is 14.8 Å². The summed E-state index contributed by atoms with van der Waals surface area (Å²) in [6.07, 6.45) is 5.25. The maximum absolute atomic E-state index is 14.7. The third-order valence-corrected chi connectivity index (χ3v) is 6.77. The number of aryl methyl sites for hydroxylation is 1. The third-order valence-electron chi connectivity index (χ3n) is 6.77. The van der Waals surface area contributed by atoms with Crippen LogP contribution in [0.1, 0.15) is 38.1 Å². The molecular weight excluding hydrogens is 449 g/mol. The molecule has 2 fully saturated rings. The fourth-order valence-corrected chi connectivity index (χ4v) is 5.02. The molecule has 0 radical (unpaired) electrons. The Labute approximate surface area is 195 Å². The number of aromatic nitrogens is 4. The van der Waals surface area contributed by atoms with Gasteiger partial charge in [-0.2, -0.15) is 0 Å². The number of ether oxygens (including phenoxy) is 1. The van der Waals surface area contributed by atoms with E-state index in [0.717, 1.165) is 25.7 Å². The molecule has 8 nitrogen and oxygen atoms in total. The molecule has 1 unspecified atom stereocenters. The number of nitrogens with one attached hydrogen (secondary N) is 1. The Kier molecular flexibility index (Phi) is 6.07. The van der Waals surface area contributed by atoms with E-state index in [0.29, 0.717) is 54.8 Å². The zero-order valence-electron chi connectivity index (χ0n) is 19.1. The van der Waals surface area contributed by atoms with Gasteiger partial charge in [0.1, 0.15) is 5.82 Å². The number of hydrogen-bond acceptors (Lipinski definition) is 6. The van der Waals surface area contributed by atoms with Gasteiger partial charge >= 0.3 is 5.95 Å². The van der Waals surface area contributed by atoms with E-state index in [1.165, 1.54) is 4.90 Å². The lowest BCUT2D eigenvalue weighted by atomic mass is 9.93. The summed E-state index contributed by atoms with van der Waals surface area (Å²) in [6.45, 7) is 1.00. The van der Waals surface area contributed by atoms with Crippen LogP contribution in [0.5, 0.6) is 0 Å². The summed E-state index contributed by atoms with van der Waals surface area (Å²) in [5, 5.41) is 13.1. The van der Waals surface area contributed by atoms with Gasteiger partial charge in [-0.3, -0.25) is 0 Å². The second-order valence-corrected chi connectivity index (χ2v) is 9.08. The lowest BCUT2D eigenvalue weighted by Gasteiger charge is -2.25. The quantitative estimate of drug-likeness (QED) is 0.550. The van der Waals surface area contributed by atoms with Crippen LogP contribution >= 0.6 is 0 Å². The molecule has 1 saturated carbocycles. The van der Waals surface area contributed by atoms with Gasteiger partial charge in [0.2, 0.25) is 0 Å². The number of benzene rings is 1. The smallest absolute Gasteiger partial charge is 0.324 e. The van der Waals surface area contributed by atoms with Crippen molar-refractivity contribution < 1.29 is 27.6 Å². The molecule has 2 N–H and O–H groups in total. The molecule has 2 aliphatic rings. The van der Waals surface area contributed by atoms with E-state index in [1.54, 1.807) is 24.9 Å². The molecule has 1 aliphatic heterocycles. The first-order valence-electron chi connectivity index (χ1n) is 11.5. The van der Waals surface area contributed by atoms with Crippen molar-refractivity contribution in [3.8, 4) is 0 Å². The van der Waals surface area contributed by atoms with Crippen molar-refractivity contribution >= 4 is 28.7 Å². The number of fused-ring (bicyclic) bond motifs is 1. The Bertz CT molecular complexity index is 1180. The number of anilines is 3. The Balaban J connectivity index is 1.60. The van der Waals surface area contributed by atoms with Gasteiger partial charge in [0, 0.05) is 45.3 Å². The second-order valence-electron chi connectivity index (χ2n) is 9.08. The lowest BCUT2D eigenvalue weighted by molar-refractivity contribution is -0.685. The average Bonchev–Trinajstić information content (AvgIpc) is 3.41. The highest BCUT2D eigenvalue weighted by Gasteiger charge is 2.36. The van der Waals surface area contributed by atoms with Gasteiger partial charge in [-0.05, 0) is 25.7 Å². The molecule has 34 heavy (non-hydrogen) atoms. The molecule has 5 rings (SSSR count). The molecule has 1 saturated heterocycles. The minimum atomic E-state index is -0.993. The van der Waals surface area contributed by atoms with Crippen molar-refractivity contribution in [2.45, 2.75) is 50.3 Å². The monoisotopic (exact) mass is 477 g/mol. The number of nitrogens with zero attached hydrogens (tertiary/aromatic N) is 5. The normalized spacial score (nSPS) is 22.9. The molecule has 11 heteroatoms. The van der Waals surface area contributed by atoms with Gasteiger partial charge in [-0.25, -0.2) is 32.2 Å². The highest BCUT2D eigenvalue weighted by Crippen LogP contribution is 2.32. The summed E-state index contributed by atoms with van der Waals surface area (Å²) < 4.78 is 52.2. The largest absolute Gasteiger partial charge is 0.393 e. The van der Waals surface area contributed by atoms with Crippen molar-refractivity contribution in [2.75, 3.05) is 30.5 Å². The van der Waals surface area contributed by atoms with Crippen LogP contribution in [0.2, 0.25) is 0 Å². The third kappa shape index (κ3) is 4.07. The van der Waals surface area contributed by atoms with Gasteiger partial charge in [-0.15, -0.1) is 0 Å². The second kappa shape index (κ2) is 9.03. The average molecular weight is 478 g/mol. The summed E-state index contributed by atoms with van der Waals surface area (Å²) >= 11 is 0. The highest BCUT2D eigenvalue weighted by atomic mass is 19.1. The molecule has 1 aliphatic carbocycles. The van der Waals surface area contributed by atoms with E-state index in [-0.39, 0.29) is 23.9 Å². The van der Waals surface area contributed by atoms with Crippen molar-refractivity contribution in [1.82, 2.24) is 14.5 Å². The minimum Gasteiger partial charge on any atom is -0.393 e. The van der Waals surface area contributed by atoms with Crippen molar-refractivity contribution in [3.05, 3.63) is 35.8 Å². The number of aliphatic hydroxyl groups is 1. The van der Waals surface area contributed by atoms with E-state index in [2.05, 4.69) is 10.3 Å². The standard InChI is InChI=1S/C23H28F3N6O2/c1-30-19-11-27-22(28-14-3-5-16(33)6-4-14)29-21(19)32(15-7-8-34-12-15)23(30)31(2)20-17(25)9-13(24)10-18(20)26/h9-11,14-16,33H,3-8,12H2,1-2H3,(H,27,28,29)/q+1. The van der Waals surface area contributed by atoms with Crippen LogP contribution in [-0.2, 0) is 11.8 Å². The molecule has 3 aromatic rings. The van der Waals surface area contributed by atoms with Crippen molar-refractivity contribution in [2.24, 2.45) is 7.05 Å². The van der Waals surface area contributed by atoms with Crippen molar-refractivity contribution in [3.63, 3.8) is 0 Å². The molecule has 3 heterocycles. The Hall–Kier alpha value is -2.92. The predicted octanol–water partition coefficient (Wildman–Crippen LogP) is 3.12. The lowest BCUT2D eigenvalue weighted by Crippen LogP contribution is -2.44. The summed E-state index contributed by atoms with van der Waals surface area (Å²) in [4.78, 5) is 10.6. The zero-order chi connectivity index (χ0) is 24.0. The van der Waals surface area contributed by atoms with Gasteiger partial charge < -0.3 is 15.2 Å². The van der Waals surface area contributed by atoms with Crippen LogP contribution in [0, 0.1) is 17.5 Å². The van der Waals surface area contributed by atoms with E-state index < -0.39 is 17.5 Å². The number of hydrogen-bond donors (Lipinski definition) is 2. The highest BCUT2D eigenvalue weighted by molar-refractivity contribution is 5.72. The Morgan fingerprint density at radius 1 is 1.15 bits per heavy atom. The Morgan fingerprint density at radius 3 is 2.50 bits per heavy atom. The summed E-state index contributed by atoms with van der Waals surface area (Å²) in [5.74, 6) is -2.03.